The Kier molecular flexibility index (Phi) is 28.6. The van der Waals surface area contributed by atoms with Crippen molar-refractivity contribution in [3.8, 4) is 0 Å². The Labute approximate surface area is 407 Å². The van der Waals surface area contributed by atoms with Crippen LogP contribution >= 0.6 is 0 Å². The summed E-state index contributed by atoms with van der Waals surface area (Å²) in [5.74, 6) is 3.19. The van der Waals surface area contributed by atoms with Gasteiger partial charge < -0.3 is 20.4 Å². The third-order valence-electron chi connectivity index (χ3n) is 15.6. The van der Waals surface area contributed by atoms with Gasteiger partial charge in [0.05, 0.1) is 12.5 Å². The number of aliphatic hydroxyl groups excluding tert-OH is 1. The normalized spacial score (nSPS) is 27.4. The van der Waals surface area contributed by atoms with Crippen LogP contribution in [0.1, 0.15) is 212 Å². The van der Waals surface area contributed by atoms with Crippen LogP contribution < -0.4 is 5.73 Å². The number of carbonyl (C=O) groups is 3. The second kappa shape index (κ2) is 29.9. The van der Waals surface area contributed by atoms with Gasteiger partial charge in [-0.05, 0) is 155 Å². The minimum absolute atomic E-state index is 0.0394. The second-order valence-electron chi connectivity index (χ2n) is 21.7. The van der Waals surface area contributed by atoms with E-state index in [1.807, 2.05) is 34.7 Å². The molecular formula is C59H104N2O5. The Hall–Kier alpha value is -2.90. The number of nitrogens with zero attached hydrogens (tertiary/aromatic N) is 1. The summed E-state index contributed by atoms with van der Waals surface area (Å²) < 4.78 is 5.83. The summed E-state index contributed by atoms with van der Waals surface area (Å²) in [5, 5.41) is 7.00. The molecule has 66 heavy (non-hydrogen) atoms. The summed E-state index contributed by atoms with van der Waals surface area (Å²) in [6.07, 6.45) is 15.0. The molecule has 1 aromatic rings. The van der Waals surface area contributed by atoms with E-state index in [1.165, 1.54) is 60.9 Å². The Morgan fingerprint density at radius 3 is 2.03 bits per heavy atom. The first-order valence-electron chi connectivity index (χ1n) is 26.3. The van der Waals surface area contributed by atoms with Crippen molar-refractivity contribution in [3.05, 3.63) is 53.1 Å². The average molecular weight is 921 g/mol. The van der Waals surface area contributed by atoms with Crippen molar-refractivity contribution in [2.45, 2.75) is 214 Å². The van der Waals surface area contributed by atoms with E-state index in [2.05, 4.69) is 107 Å². The first-order chi connectivity index (χ1) is 31.0. The van der Waals surface area contributed by atoms with E-state index in [4.69, 9.17) is 20.6 Å². The number of hydrogen-bond donors (Lipinski definition) is 2. The van der Waals surface area contributed by atoms with Gasteiger partial charge in [0.1, 0.15) is 6.29 Å². The van der Waals surface area contributed by atoms with Gasteiger partial charge in [-0.25, -0.2) is 0 Å². The van der Waals surface area contributed by atoms with Crippen molar-refractivity contribution in [2.24, 2.45) is 67.9 Å². The molecule has 1 aromatic carbocycles. The summed E-state index contributed by atoms with van der Waals surface area (Å²) in [6, 6.07) is 8.39. The molecule has 9 unspecified atom stereocenters. The zero-order chi connectivity index (χ0) is 51.2. The number of benzene rings is 1. The van der Waals surface area contributed by atoms with Gasteiger partial charge in [-0.2, -0.15) is 0 Å². The van der Waals surface area contributed by atoms with E-state index in [0.29, 0.717) is 41.8 Å². The van der Waals surface area contributed by atoms with Crippen LogP contribution in [-0.4, -0.2) is 55.7 Å². The highest BCUT2D eigenvalue weighted by atomic mass is 16.5. The predicted octanol–water partition coefficient (Wildman–Crippen LogP) is 15.0. The van der Waals surface area contributed by atoms with Gasteiger partial charge >= 0.3 is 5.97 Å². The van der Waals surface area contributed by atoms with Crippen LogP contribution in [0.15, 0.2) is 47.0 Å². The van der Waals surface area contributed by atoms with E-state index in [-0.39, 0.29) is 40.7 Å². The molecule has 0 saturated heterocycles. The number of aryl methyl sites for hydroxylation is 1. The SMILES string of the molecule is C=C(C)c1ccc(C)cc1.CC.CCC.CCC(C)C(CC12CCC3C(CCC4C(C)(CCC(C)OC(=O)CC(C)(C)C=O)C(C)CCC34C)C1=C(C(C)C)C(=O)C2)=NC.CCCN.CO. The molecule has 380 valence electrons. The Balaban J connectivity index is 0.00000167. The summed E-state index contributed by atoms with van der Waals surface area (Å²) in [5.41, 5.74) is 12.4. The molecule has 9 atom stereocenters. The maximum absolute atomic E-state index is 13.8. The monoisotopic (exact) mass is 921 g/mol. The summed E-state index contributed by atoms with van der Waals surface area (Å²) in [4.78, 5) is 42.6. The molecule has 7 nitrogen and oxygen atoms in total. The molecule has 7 heteroatoms. The van der Waals surface area contributed by atoms with Crippen molar-refractivity contribution in [1.82, 2.24) is 0 Å². The fraction of sp³-hybridized carbons (Fsp3) is 0.763. The van der Waals surface area contributed by atoms with E-state index in [1.54, 1.807) is 19.4 Å². The van der Waals surface area contributed by atoms with E-state index in [9.17, 15) is 14.4 Å². The number of rotatable bonds is 14. The van der Waals surface area contributed by atoms with Gasteiger partial charge in [-0.3, -0.25) is 14.6 Å². The largest absolute Gasteiger partial charge is 0.463 e. The first-order valence-corrected chi connectivity index (χ1v) is 26.3. The quantitative estimate of drug-likeness (QED) is 0.109. The molecule has 0 spiro atoms. The van der Waals surface area contributed by atoms with Crippen LogP contribution in [0.5, 0.6) is 0 Å². The van der Waals surface area contributed by atoms with Gasteiger partial charge in [-0.1, -0.05) is 151 Å². The predicted molar refractivity (Wildman–Crippen MR) is 285 cm³/mol. The van der Waals surface area contributed by atoms with E-state index >= 15 is 0 Å². The lowest BCUT2D eigenvalue weighted by Gasteiger charge is -2.65. The first kappa shape index (κ1) is 63.1. The third kappa shape index (κ3) is 16.7. The zero-order valence-electron chi connectivity index (χ0n) is 46.3. The van der Waals surface area contributed by atoms with Crippen molar-refractivity contribution in [2.75, 3.05) is 20.7 Å². The second-order valence-corrected chi connectivity index (χ2v) is 21.7. The van der Waals surface area contributed by atoms with Gasteiger partial charge in [0.15, 0.2) is 5.78 Å². The molecule has 0 aliphatic heterocycles. The number of aliphatic imine (C=N–C) groups is 1. The van der Waals surface area contributed by atoms with Crippen LogP contribution in [0.3, 0.4) is 0 Å². The smallest absolute Gasteiger partial charge is 0.307 e. The Bertz CT molecular complexity index is 1670. The number of ether oxygens (including phenoxy) is 1. The average Bonchev–Trinajstić information content (AvgIpc) is 3.60. The molecule has 5 rings (SSSR count). The number of nitrogens with two attached hydrogens (primary N) is 1. The lowest BCUT2D eigenvalue weighted by atomic mass is 9.40. The number of carbonyl (C=O) groups excluding carboxylic acids is 3. The molecule has 3 N–H and O–H groups in total. The number of esters is 1. The van der Waals surface area contributed by atoms with Gasteiger partial charge in [-0.15, -0.1) is 0 Å². The van der Waals surface area contributed by atoms with Crippen LogP contribution in [0.2, 0.25) is 0 Å². The summed E-state index contributed by atoms with van der Waals surface area (Å²) in [7, 11) is 2.96. The minimum atomic E-state index is -0.688. The van der Waals surface area contributed by atoms with Gasteiger partial charge in [0, 0.05) is 37.1 Å². The Morgan fingerprint density at radius 2 is 1.56 bits per heavy atom. The molecule has 0 aromatic heterocycles. The molecular weight excluding hydrogens is 817 g/mol. The maximum atomic E-state index is 13.8. The third-order valence-corrected chi connectivity index (χ3v) is 15.6. The molecule has 4 aliphatic carbocycles. The number of ketones is 1. The molecule has 0 heterocycles. The standard InChI is InChI=1S/C40H65NO4.C10H12.C3H9N.C3H8.C2H6.CH4O/c1-12-26(4)31(41-11)21-40-20-17-30-29(36(40)35(25(2)3)32(43)22-40)13-14-33-38(9,27(5)15-18-39(30,33)10)19-16-28(6)45-34(44)23-37(7,8)24-42;1-8(2)10-6-4-9(3)5-7-10;1-2-3-4;1-3-2;2*1-2/h24-30,33H,12-23H2,1-11H3;4-7H,1H2,2-3H3;2-4H2,1H3;3H2,1-2H3;1-2H3;2H,1H3. The minimum Gasteiger partial charge on any atom is -0.463 e. The topological polar surface area (TPSA) is 119 Å². The van der Waals surface area contributed by atoms with Crippen LogP contribution in [0.4, 0.5) is 0 Å². The Morgan fingerprint density at radius 1 is 1.00 bits per heavy atom. The molecule has 4 aliphatic rings. The fourth-order valence-corrected chi connectivity index (χ4v) is 11.7. The van der Waals surface area contributed by atoms with Crippen LogP contribution in [0.25, 0.3) is 5.57 Å². The van der Waals surface area contributed by atoms with E-state index < -0.39 is 5.41 Å². The zero-order valence-corrected chi connectivity index (χ0v) is 46.3. The highest BCUT2D eigenvalue weighted by Gasteiger charge is 2.63. The molecule has 3 saturated carbocycles. The number of aliphatic hydroxyl groups is 1. The van der Waals surface area contributed by atoms with Gasteiger partial charge in [0.25, 0.3) is 0 Å². The number of hydrogen-bond acceptors (Lipinski definition) is 7. The summed E-state index contributed by atoms with van der Waals surface area (Å²) >= 11 is 0. The molecule has 3 fully saturated rings. The van der Waals surface area contributed by atoms with Crippen LogP contribution in [0, 0.1) is 64.1 Å². The summed E-state index contributed by atoms with van der Waals surface area (Å²) in [6.45, 7) is 41.3. The van der Waals surface area contributed by atoms with Crippen LogP contribution in [-0.2, 0) is 19.1 Å². The molecule has 0 radical (unpaired) electrons. The fourth-order valence-electron chi connectivity index (χ4n) is 11.7. The number of Topliss-reactive ketones (excluding diaryl/α,β-unsaturated/α-hetero) is 1. The van der Waals surface area contributed by atoms with Crippen molar-refractivity contribution in [1.29, 1.82) is 0 Å². The number of fused-ring (bicyclic) bond motifs is 5. The van der Waals surface area contributed by atoms with E-state index in [0.717, 1.165) is 64.0 Å². The molecule has 0 bridgehead atoms. The van der Waals surface area contributed by atoms with Crippen molar-refractivity contribution in [3.63, 3.8) is 0 Å². The highest BCUT2D eigenvalue weighted by Crippen LogP contribution is 2.70. The lowest BCUT2D eigenvalue weighted by molar-refractivity contribution is -0.155. The van der Waals surface area contributed by atoms with Crippen molar-refractivity contribution >= 4 is 29.3 Å². The number of allylic oxidation sites excluding steroid dienone is 3. The van der Waals surface area contributed by atoms with Crippen molar-refractivity contribution < 1.29 is 24.2 Å². The number of aldehydes is 1. The lowest BCUT2D eigenvalue weighted by Crippen LogP contribution is -2.57. The molecule has 0 amide bonds. The van der Waals surface area contributed by atoms with Gasteiger partial charge in [0.2, 0.25) is 0 Å². The highest BCUT2D eigenvalue weighted by molar-refractivity contribution is 6.02. The maximum Gasteiger partial charge on any atom is 0.307 e.